The summed E-state index contributed by atoms with van der Waals surface area (Å²) < 4.78 is 1.96. The van der Waals surface area contributed by atoms with Gasteiger partial charge in [0.1, 0.15) is 5.82 Å². The average Bonchev–Trinajstić information content (AvgIpc) is 3.37. The van der Waals surface area contributed by atoms with Crippen molar-refractivity contribution in [3.05, 3.63) is 71.7 Å². The Hall–Kier alpha value is -3.48. The van der Waals surface area contributed by atoms with Gasteiger partial charge in [-0.05, 0) is 44.0 Å². The van der Waals surface area contributed by atoms with E-state index >= 15 is 0 Å². The van der Waals surface area contributed by atoms with E-state index in [4.69, 9.17) is 5.10 Å². The predicted molar refractivity (Wildman–Crippen MR) is 109 cm³/mol. The van der Waals surface area contributed by atoms with Gasteiger partial charge in [-0.25, -0.2) is 10.1 Å². The summed E-state index contributed by atoms with van der Waals surface area (Å²) in [5.74, 6) is 0.748. The number of nitrogens with zero attached hydrogens (tertiary/aromatic N) is 5. The smallest absolute Gasteiger partial charge is 0.271 e. The first-order chi connectivity index (χ1) is 13.7. The molecule has 142 valence electrons. The van der Waals surface area contributed by atoms with E-state index in [1.165, 1.54) is 0 Å². The maximum atomic E-state index is 12.2. The number of hydrogen-bond donors (Lipinski definition) is 1. The van der Waals surface area contributed by atoms with Gasteiger partial charge in [-0.15, -0.1) is 0 Å². The Bertz CT molecular complexity index is 975. The lowest BCUT2D eigenvalue weighted by atomic mass is 10.2. The highest BCUT2D eigenvalue weighted by Crippen LogP contribution is 2.28. The molecule has 3 heterocycles. The third-order valence-electron chi connectivity index (χ3n) is 4.79. The van der Waals surface area contributed by atoms with Crippen LogP contribution in [0.5, 0.6) is 0 Å². The van der Waals surface area contributed by atoms with Crippen molar-refractivity contribution in [2.45, 2.75) is 19.8 Å². The summed E-state index contributed by atoms with van der Waals surface area (Å²) in [5.41, 5.74) is 5.90. The lowest BCUT2D eigenvalue weighted by Crippen LogP contribution is -2.23. The second-order valence-electron chi connectivity index (χ2n) is 6.70. The summed E-state index contributed by atoms with van der Waals surface area (Å²) in [6.07, 6.45) is 7.17. The summed E-state index contributed by atoms with van der Waals surface area (Å²) in [5, 5.41) is 8.94. The molecule has 4 rings (SSSR count). The Labute approximate surface area is 163 Å². The van der Waals surface area contributed by atoms with Crippen LogP contribution in [0.3, 0.4) is 0 Å². The fourth-order valence-electron chi connectivity index (χ4n) is 3.38. The maximum Gasteiger partial charge on any atom is 0.271 e. The van der Waals surface area contributed by atoms with Crippen LogP contribution in [0.1, 0.15) is 34.5 Å². The zero-order chi connectivity index (χ0) is 19.3. The van der Waals surface area contributed by atoms with Gasteiger partial charge < -0.3 is 4.90 Å². The zero-order valence-electron chi connectivity index (χ0n) is 15.7. The minimum Gasteiger partial charge on any atom is -0.356 e. The molecule has 7 nitrogen and oxygen atoms in total. The SMILES string of the molecule is Cc1nn(-c2ccccc2)c(N2CCCC2)c1/C=N\NC(=O)c1ccncc1. The molecule has 0 aliphatic carbocycles. The number of carbonyl (C=O) groups excluding carboxylic acids is 1. The van der Waals surface area contributed by atoms with Crippen LogP contribution in [0.15, 0.2) is 60.0 Å². The van der Waals surface area contributed by atoms with Crippen molar-refractivity contribution >= 4 is 17.9 Å². The van der Waals surface area contributed by atoms with Crippen molar-refractivity contribution in [1.29, 1.82) is 0 Å². The van der Waals surface area contributed by atoms with Gasteiger partial charge in [0.05, 0.1) is 23.2 Å². The van der Waals surface area contributed by atoms with Crippen molar-refractivity contribution in [2.75, 3.05) is 18.0 Å². The van der Waals surface area contributed by atoms with Crippen molar-refractivity contribution < 1.29 is 4.79 Å². The molecule has 2 aromatic heterocycles. The van der Waals surface area contributed by atoms with Crippen LogP contribution >= 0.6 is 0 Å². The van der Waals surface area contributed by atoms with Crippen LogP contribution in [0.4, 0.5) is 5.82 Å². The predicted octanol–water partition coefficient (Wildman–Crippen LogP) is 2.94. The van der Waals surface area contributed by atoms with Gasteiger partial charge in [0.2, 0.25) is 0 Å². The van der Waals surface area contributed by atoms with E-state index in [9.17, 15) is 4.79 Å². The molecule has 7 heteroatoms. The molecule has 1 saturated heterocycles. The van der Waals surface area contributed by atoms with Crippen LogP contribution in [0, 0.1) is 6.92 Å². The summed E-state index contributed by atoms with van der Waals surface area (Å²) in [7, 11) is 0. The first kappa shape index (κ1) is 17.9. The number of rotatable bonds is 5. The monoisotopic (exact) mass is 374 g/mol. The summed E-state index contributed by atoms with van der Waals surface area (Å²) in [6.45, 7) is 3.94. The average molecular weight is 374 g/mol. The number of amides is 1. The largest absolute Gasteiger partial charge is 0.356 e. The van der Waals surface area contributed by atoms with Crippen LogP contribution in [0.2, 0.25) is 0 Å². The van der Waals surface area contributed by atoms with Gasteiger partial charge in [0.15, 0.2) is 0 Å². The van der Waals surface area contributed by atoms with Crippen LogP contribution in [-0.2, 0) is 0 Å². The number of pyridine rings is 1. The minimum absolute atomic E-state index is 0.269. The number of carbonyl (C=O) groups is 1. The number of hydrazone groups is 1. The van der Waals surface area contributed by atoms with E-state index in [0.29, 0.717) is 5.56 Å². The summed E-state index contributed by atoms with van der Waals surface area (Å²) in [4.78, 5) is 18.5. The first-order valence-electron chi connectivity index (χ1n) is 9.37. The molecular weight excluding hydrogens is 352 g/mol. The standard InChI is InChI=1S/C21H22N6O/c1-16-19(15-23-24-20(28)17-9-11-22-12-10-17)21(26-13-5-6-14-26)27(25-16)18-7-3-2-4-8-18/h2-4,7-12,15H,5-6,13-14H2,1H3,(H,24,28)/b23-15-. The quantitative estimate of drug-likeness (QED) is 0.550. The highest BCUT2D eigenvalue weighted by molar-refractivity contribution is 5.95. The van der Waals surface area contributed by atoms with E-state index in [1.54, 1.807) is 30.7 Å². The molecule has 0 spiro atoms. The second kappa shape index (κ2) is 8.04. The maximum absolute atomic E-state index is 12.2. The molecule has 0 atom stereocenters. The van der Waals surface area contributed by atoms with E-state index in [-0.39, 0.29) is 5.91 Å². The highest BCUT2D eigenvalue weighted by atomic mass is 16.2. The Morgan fingerprint density at radius 2 is 1.82 bits per heavy atom. The van der Waals surface area contributed by atoms with Crippen molar-refractivity contribution in [3.63, 3.8) is 0 Å². The van der Waals surface area contributed by atoms with Crippen LogP contribution in [0.25, 0.3) is 5.69 Å². The molecule has 3 aromatic rings. The first-order valence-corrected chi connectivity index (χ1v) is 9.37. The Morgan fingerprint density at radius 1 is 1.11 bits per heavy atom. The Morgan fingerprint density at radius 3 is 2.54 bits per heavy atom. The highest BCUT2D eigenvalue weighted by Gasteiger charge is 2.23. The van der Waals surface area contributed by atoms with Crippen molar-refractivity contribution in [2.24, 2.45) is 5.10 Å². The second-order valence-corrected chi connectivity index (χ2v) is 6.70. The Balaban J connectivity index is 1.64. The third kappa shape index (κ3) is 3.64. The fraction of sp³-hybridized carbons (Fsp3) is 0.238. The number of anilines is 1. The lowest BCUT2D eigenvalue weighted by molar-refractivity contribution is 0.0955. The van der Waals surface area contributed by atoms with E-state index in [2.05, 4.69) is 20.4 Å². The number of aromatic nitrogens is 3. The van der Waals surface area contributed by atoms with Gasteiger partial charge in [0, 0.05) is 31.0 Å². The Kier molecular flexibility index (Phi) is 5.14. The molecule has 1 aromatic carbocycles. The molecule has 1 aliphatic heterocycles. The molecule has 0 bridgehead atoms. The fourth-order valence-corrected chi connectivity index (χ4v) is 3.38. The normalized spacial score (nSPS) is 14.0. The number of hydrogen-bond acceptors (Lipinski definition) is 5. The van der Waals surface area contributed by atoms with Gasteiger partial charge >= 0.3 is 0 Å². The number of nitrogens with one attached hydrogen (secondary N) is 1. The van der Waals surface area contributed by atoms with Gasteiger partial charge in [-0.3, -0.25) is 9.78 Å². The topological polar surface area (TPSA) is 75.4 Å². The lowest BCUT2D eigenvalue weighted by Gasteiger charge is -2.20. The number of para-hydroxylation sites is 1. The minimum atomic E-state index is -0.269. The molecular formula is C21H22N6O. The molecule has 0 unspecified atom stereocenters. The molecule has 1 N–H and O–H groups in total. The van der Waals surface area contributed by atoms with Crippen LogP contribution in [-0.4, -0.2) is 40.0 Å². The zero-order valence-corrected chi connectivity index (χ0v) is 15.7. The van der Waals surface area contributed by atoms with E-state index < -0.39 is 0 Å². The number of aryl methyl sites for hydroxylation is 1. The molecule has 0 radical (unpaired) electrons. The molecule has 1 fully saturated rings. The molecule has 0 saturated carbocycles. The molecule has 28 heavy (non-hydrogen) atoms. The van der Waals surface area contributed by atoms with Gasteiger partial charge in [-0.1, -0.05) is 18.2 Å². The molecule has 1 aliphatic rings. The van der Waals surface area contributed by atoms with Crippen LogP contribution < -0.4 is 10.3 Å². The summed E-state index contributed by atoms with van der Waals surface area (Å²) >= 11 is 0. The third-order valence-corrected chi connectivity index (χ3v) is 4.79. The van der Waals surface area contributed by atoms with Crippen molar-refractivity contribution in [1.82, 2.24) is 20.2 Å². The van der Waals surface area contributed by atoms with Gasteiger partial charge in [-0.2, -0.15) is 10.2 Å². The molecule has 1 amide bonds. The van der Waals surface area contributed by atoms with E-state index in [1.807, 2.05) is 41.9 Å². The van der Waals surface area contributed by atoms with Gasteiger partial charge in [0.25, 0.3) is 5.91 Å². The van der Waals surface area contributed by atoms with E-state index in [0.717, 1.165) is 48.7 Å². The van der Waals surface area contributed by atoms with Crippen molar-refractivity contribution in [3.8, 4) is 5.69 Å². The summed E-state index contributed by atoms with van der Waals surface area (Å²) in [6, 6.07) is 13.4. The number of benzene rings is 1.